The van der Waals surface area contributed by atoms with E-state index < -0.39 is 17.2 Å². The van der Waals surface area contributed by atoms with Crippen molar-refractivity contribution in [2.45, 2.75) is 6.54 Å². The van der Waals surface area contributed by atoms with Crippen LogP contribution in [0.4, 0.5) is 10.2 Å². The van der Waals surface area contributed by atoms with Crippen LogP contribution in [0.3, 0.4) is 0 Å². The number of nitrogens with one attached hydrogen (secondary N) is 1. The molecule has 0 saturated carbocycles. The van der Waals surface area contributed by atoms with Crippen LogP contribution in [0, 0.1) is 5.82 Å². The summed E-state index contributed by atoms with van der Waals surface area (Å²) in [4.78, 5) is 37.8. The minimum absolute atomic E-state index is 0.0429. The number of aromatic nitrogens is 4. The van der Waals surface area contributed by atoms with Gasteiger partial charge in [-0.1, -0.05) is 18.2 Å². The molecule has 0 unspecified atom stereocenters. The Bertz CT molecular complexity index is 1690. The molecule has 9 nitrogen and oxygen atoms in total. The van der Waals surface area contributed by atoms with Crippen LogP contribution in [0.1, 0.15) is 16.1 Å². The number of pyridine rings is 3. The van der Waals surface area contributed by atoms with Crippen LogP contribution in [-0.2, 0) is 18.3 Å². The number of morpholine rings is 1. The molecule has 1 fully saturated rings. The first-order chi connectivity index (χ1) is 17.5. The highest BCUT2D eigenvalue weighted by Gasteiger charge is 2.26. The second-order valence-corrected chi connectivity index (χ2v) is 8.68. The zero-order valence-electron chi connectivity index (χ0n) is 19.6. The van der Waals surface area contributed by atoms with Crippen molar-refractivity contribution < 1.29 is 13.9 Å². The molecule has 1 saturated heterocycles. The number of amides is 1. The number of fused-ring (bicyclic) bond motifs is 5. The first-order valence-corrected chi connectivity index (χ1v) is 11.7. The smallest absolute Gasteiger partial charge is 0.259 e. The van der Waals surface area contributed by atoms with Crippen molar-refractivity contribution in [2.24, 2.45) is 7.05 Å². The number of para-hydroxylation sites is 2. The number of halogens is 1. The summed E-state index contributed by atoms with van der Waals surface area (Å²) in [6.45, 7) is 2.08. The molecule has 6 rings (SSSR count). The predicted molar refractivity (Wildman–Crippen MR) is 134 cm³/mol. The third-order valence-electron chi connectivity index (χ3n) is 6.55. The molecule has 10 heteroatoms. The molecule has 1 amide bonds. The fraction of sp³-hybridized carbons (Fsp3) is 0.231. The first-order valence-electron chi connectivity index (χ1n) is 11.7. The number of carbonyl (C=O) groups excluding carboxylic acids is 1. The number of aryl methyl sites for hydroxylation is 1. The van der Waals surface area contributed by atoms with Crippen molar-refractivity contribution >= 4 is 39.4 Å². The van der Waals surface area contributed by atoms with Crippen LogP contribution in [0.15, 0.2) is 59.5 Å². The van der Waals surface area contributed by atoms with Gasteiger partial charge in [-0.05, 0) is 30.3 Å². The van der Waals surface area contributed by atoms with Crippen LogP contribution in [-0.4, -0.2) is 51.1 Å². The summed E-state index contributed by atoms with van der Waals surface area (Å²) in [6, 6.07) is 14.1. The summed E-state index contributed by atoms with van der Waals surface area (Å²) < 4.78 is 24.3. The van der Waals surface area contributed by atoms with Crippen LogP contribution >= 0.6 is 0 Å². The van der Waals surface area contributed by atoms with Gasteiger partial charge in [0.05, 0.1) is 41.9 Å². The second kappa shape index (κ2) is 8.72. The number of hydrogen-bond donors (Lipinski definition) is 1. The Morgan fingerprint density at radius 2 is 1.86 bits per heavy atom. The summed E-state index contributed by atoms with van der Waals surface area (Å²) >= 11 is 0. The maximum atomic E-state index is 15.3. The maximum absolute atomic E-state index is 15.3. The fourth-order valence-electron chi connectivity index (χ4n) is 4.82. The maximum Gasteiger partial charge on any atom is 0.259 e. The quantitative estimate of drug-likeness (QED) is 0.420. The molecule has 5 aromatic rings. The summed E-state index contributed by atoms with van der Waals surface area (Å²) in [7, 11) is 1.80. The lowest BCUT2D eigenvalue weighted by Crippen LogP contribution is -2.37. The lowest BCUT2D eigenvalue weighted by atomic mass is 10.1. The molecule has 0 spiro atoms. The van der Waals surface area contributed by atoms with Gasteiger partial charge in [-0.25, -0.2) is 9.37 Å². The molecule has 36 heavy (non-hydrogen) atoms. The van der Waals surface area contributed by atoms with Gasteiger partial charge in [-0.3, -0.25) is 19.0 Å². The van der Waals surface area contributed by atoms with Crippen molar-refractivity contribution in [1.29, 1.82) is 0 Å². The van der Waals surface area contributed by atoms with Crippen LogP contribution in [0.2, 0.25) is 0 Å². The summed E-state index contributed by atoms with van der Waals surface area (Å²) in [5.41, 5.74) is 2.26. The monoisotopic (exact) mass is 486 g/mol. The molecule has 1 aliphatic rings. The van der Waals surface area contributed by atoms with Crippen LogP contribution < -0.4 is 15.6 Å². The second-order valence-electron chi connectivity index (χ2n) is 8.68. The number of imidazole rings is 1. The van der Waals surface area contributed by atoms with Gasteiger partial charge in [0.1, 0.15) is 11.2 Å². The van der Waals surface area contributed by atoms with E-state index in [0.717, 1.165) is 11.0 Å². The summed E-state index contributed by atoms with van der Waals surface area (Å²) in [5.74, 6) is -1.01. The zero-order valence-corrected chi connectivity index (χ0v) is 19.6. The molecular formula is C26H23FN6O3. The molecule has 0 radical (unpaired) electrons. The van der Waals surface area contributed by atoms with Gasteiger partial charge >= 0.3 is 0 Å². The van der Waals surface area contributed by atoms with Gasteiger partial charge in [0.25, 0.3) is 5.91 Å². The topological polar surface area (TPSA) is 93.8 Å². The summed E-state index contributed by atoms with van der Waals surface area (Å²) in [6.07, 6.45) is 1.63. The summed E-state index contributed by atoms with van der Waals surface area (Å²) in [5, 5.41) is 2.84. The molecule has 4 aromatic heterocycles. The minimum Gasteiger partial charge on any atom is -0.378 e. The Balaban J connectivity index is 1.61. The van der Waals surface area contributed by atoms with Gasteiger partial charge in [-0.2, -0.15) is 0 Å². The molecule has 0 bridgehead atoms. The Morgan fingerprint density at radius 1 is 1.11 bits per heavy atom. The van der Waals surface area contributed by atoms with Gasteiger partial charge in [-0.15, -0.1) is 0 Å². The van der Waals surface area contributed by atoms with Crippen LogP contribution in [0.5, 0.6) is 0 Å². The molecule has 0 atom stereocenters. The average molecular weight is 487 g/mol. The van der Waals surface area contributed by atoms with E-state index in [2.05, 4.69) is 15.3 Å². The minimum atomic E-state index is -0.610. The highest BCUT2D eigenvalue weighted by atomic mass is 19.1. The largest absolute Gasteiger partial charge is 0.378 e. The fourth-order valence-corrected chi connectivity index (χ4v) is 4.82. The molecule has 182 valence electrons. The van der Waals surface area contributed by atoms with Crippen molar-refractivity contribution in [3.05, 3.63) is 82.0 Å². The van der Waals surface area contributed by atoms with Crippen molar-refractivity contribution in [2.75, 3.05) is 31.2 Å². The van der Waals surface area contributed by atoms with Gasteiger partial charge in [0.15, 0.2) is 17.3 Å². The number of ether oxygens (including phenoxy) is 1. The van der Waals surface area contributed by atoms with Gasteiger partial charge in [0, 0.05) is 26.3 Å². The van der Waals surface area contributed by atoms with E-state index in [9.17, 15) is 9.59 Å². The normalized spacial score (nSPS) is 14.1. The van der Waals surface area contributed by atoms with E-state index >= 15 is 4.39 Å². The van der Waals surface area contributed by atoms with Crippen molar-refractivity contribution in [3.63, 3.8) is 0 Å². The Labute approximate surface area is 204 Å². The van der Waals surface area contributed by atoms with Gasteiger partial charge < -0.3 is 19.5 Å². The van der Waals surface area contributed by atoms with E-state index in [-0.39, 0.29) is 23.3 Å². The predicted octanol–water partition coefficient (Wildman–Crippen LogP) is 2.64. The van der Waals surface area contributed by atoms with Crippen molar-refractivity contribution in [3.8, 4) is 0 Å². The zero-order chi connectivity index (χ0) is 24.8. The number of benzene rings is 1. The highest BCUT2D eigenvalue weighted by molar-refractivity contribution is 6.05. The third-order valence-corrected chi connectivity index (χ3v) is 6.55. The molecule has 1 aromatic carbocycles. The number of rotatable bonds is 4. The van der Waals surface area contributed by atoms with E-state index in [1.54, 1.807) is 34.3 Å². The van der Waals surface area contributed by atoms with Crippen LogP contribution in [0.25, 0.3) is 27.7 Å². The Kier molecular flexibility index (Phi) is 5.37. The standard InChI is InChI=1S/C26H23FN6O3/c1-31-19-7-2-3-8-20(19)33-23-17(14-18(27)24(30-23)32-10-12-36-13-11-32)22(34)21(26(31)33)25(35)29-15-16-6-4-5-9-28-16/h2-9,14H,10-13,15H2,1H3,(H,29,35). The Morgan fingerprint density at radius 3 is 2.61 bits per heavy atom. The highest BCUT2D eigenvalue weighted by Crippen LogP contribution is 2.28. The number of carbonyl (C=O) groups is 1. The first kappa shape index (κ1) is 22.2. The lowest BCUT2D eigenvalue weighted by molar-refractivity contribution is 0.0950. The van der Waals surface area contributed by atoms with E-state index in [1.807, 2.05) is 35.2 Å². The van der Waals surface area contributed by atoms with E-state index in [1.165, 1.54) is 6.07 Å². The Hall–Kier alpha value is -4.31. The lowest BCUT2D eigenvalue weighted by Gasteiger charge is -2.28. The number of anilines is 1. The molecule has 1 N–H and O–H groups in total. The van der Waals surface area contributed by atoms with Gasteiger partial charge in [0.2, 0.25) is 5.43 Å². The molecule has 1 aliphatic heterocycles. The SMILES string of the molecule is Cn1c2ccccc2n2c3nc(N4CCOCC4)c(F)cc3c(=O)c(C(=O)NCc3ccccn3)c12. The third kappa shape index (κ3) is 3.49. The van der Waals surface area contributed by atoms with E-state index in [4.69, 9.17) is 4.74 Å². The van der Waals surface area contributed by atoms with Crippen molar-refractivity contribution in [1.82, 2.24) is 24.3 Å². The molecular weight excluding hydrogens is 463 g/mol. The number of hydrogen-bond acceptors (Lipinski definition) is 6. The number of nitrogens with zero attached hydrogens (tertiary/aromatic N) is 5. The average Bonchev–Trinajstić information content (AvgIpc) is 3.21. The molecule has 5 heterocycles. The van der Waals surface area contributed by atoms with E-state index in [0.29, 0.717) is 43.3 Å². The molecule has 0 aliphatic carbocycles.